The Morgan fingerprint density at radius 1 is 1.28 bits per heavy atom. The molecular weight excluding hydrogens is 310 g/mol. The summed E-state index contributed by atoms with van der Waals surface area (Å²) in [6, 6.07) is 2.23. The number of fused-ring (bicyclic) bond motifs is 4. The summed E-state index contributed by atoms with van der Waals surface area (Å²) < 4.78 is 0. The molecule has 4 aliphatic carbocycles. The summed E-state index contributed by atoms with van der Waals surface area (Å²) in [5, 5.41) is 20.5. The fraction of sp³-hybridized carbons (Fsp3) is 0.636. The average Bonchev–Trinajstić information content (AvgIpc) is 2.91. The molecule has 0 aromatic heterocycles. The van der Waals surface area contributed by atoms with Crippen LogP contribution in [0.4, 0.5) is 0 Å². The number of hydrogen-bond donors (Lipinski definition) is 1. The maximum absolute atomic E-state index is 12.1. The lowest BCUT2D eigenvalue weighted by molar-refractivity contribution is -0.115. The van der Waals surface area contributed by atoms with Crippen LogP contribution in [0.2, 0.25) is 0 Å². The Bertz CT molecular complexity index is 765. The zero-order valence-corrected chi connectivity index (χ0v) is 15.3. The lowest BCUT2D eigenvalue weighted by atomic mass is 9.56. The molecule has 0 saturated heterocycles. The number of allylic oxidation sites excluding steroid dienone is 5. The first kappa shape index (κ1) is 16.8. The highest BCUT2D eigenvalue weighted by molar-refractivity contribution is 5.98. The van der Waals surface area contributed by atoms with E-state index in [1.54, 1.807) is 0 Å². The Balaban J connectivity index is 1.84. The molecule has 0 spiro atoms. The number of rotatable bonds is 2. The quantitative estimate of drug-likeness (QED) is 0.812. The molecular formula is C22H27NO2. The fourth-order valence-corrected chi connectivity index (χ4v) is 6.35. The summed E-state index contributed by atoms with van der Waals surface area (Å²) in [4.78, 5) is 12.1. The molecule has 1 fully saturated rings. The van der Waals surface area contributed by atoms with Crippen molar-refractivity contribution in [3.8, 4) is 6.07 Å². The molecule has 0 aromatic rings. The smallest absolute Gasteiger partial charge is 0.159 e. The topological polar surface area (TPSA) is 61.1 Å². The van der Waals surface area contributed by atoms with Crippen molar-refractivity contribution in [1.82, 2.24) is 0 Å². The van der Waals surface area contributed by atoms with Crippen molar-refractivity contribution in [2.45, 2.75) is 70.8 Å². The van der Waals surface area contributed by atoms with Crippen molar-refractivity contribution in [1.29, 1.82) is 5.26 Å². The number of nitrogens with zero attached hydrogens (tertiary/aromatic N) is 1. The first-order valence-corrected chi connectivity index (χ1v) is 9.72. The molecule has 0 radical (unpaired) electrons. The van der Waals surface area contributed by atoms with Gasteiger partial charge in [-0.2, -0.15) is 5.26 Å². The molecule has 1 N–H and O–H groups in total. The Kier molecular flexibility index (Phi) is 3.81. The summed E-state index contributed by atoms with van der Waals surface area (Å²) >= 11 is 0. The van der Waals surface area contributed by atoms with E-state index in [0.29, 0.717) is 24.0 Å². The number of nitriles is 1. The first-order chi connectivity index (χ1) is 12.0. The molecule has 0 aromatic carbocycles. The highest BCUT2D eigenvalue weighted by Crippen LogP contribution is 2.63. The molecule has 3 heteroatoms. The van der Waals surface area contributed by atoms with Crippen molar-refractivity contribution in [2.24, 2.45) is 17.3 Å². The van der Waals surface area contributed by atoms with E-state index in [1.807, 2.05) is 6.92 Å². The van der Waals surface area contributed by atoms with Gasteiger partial charge < -0.3 is 5.11 Å². The van der Waals surface area contributed by atoms with Crippen LogP contribution < -0.4 is 0 Å². The third-order valence-electron chi connectivity index (χ3n) is 7.69. The minimum atomic E-state index is -0.886. The van der Waals surface area contributed by atoms with Gasteiger partial charge in [0.1, 0.15) is 0 Å². The van der Waals surface area contributed by atoms with Crippen LogP contribution in [0.3, 0.4) is 0 Å². The molecule has 4 atom stereocenters. The molecule has 0 heterocycles. The van der Waals surface area contributed by atoms with Gasteiger partial charge in [0.05, 0.1) is 18.1 Å². The van der Waals surface area contributed by atoms with Crippen LogP contribution in [-0.2, 0) is 4.79 Å². The Hall–Kier alpha value is -1.66. The molecule has 3 nitrogen and oxygen atoms in total. The van der Waals surface area contributed by atoms with Crippen LogP contribution in [0.5, 0.6) is 0 Å². The van der Waals surface area contributed by atoms with Gasteiger partial charge in [0.15, 0.2) is 5.78 Å². The Morgan fingerprint density at radius 2 is 2.08 bits per heavy atom. The fourth-order valence-electron chi connectivity index (χ4n) is 6.35. The number of carbonyl (C=O) groups excluding carboxylic acids is 1. The van der Waals surface area contributed by atoms with Gasteiger partial charge in [0.2, 0.25) is 0 Å². The van der Waals surface area contributed by atoms with E-state index in [0.717, 1.165) is 44.1 Å². The summed E-state index contributed by atoms with van der Waals surface area (Å²) in [5.74, 6) is 1.20. The Morgan fingerprint density at radius 3 is 2.80 bits per heavy atom. The van der Waals surface area contributed by atoms with Crippen molar-refractivity contribution < 1.29 is 9.90 Å². The van der Waals surface area contributed by atoms with Crippen molar-refractivity contribution in [3.63, 3.8) is 0 Å². The average molecular weight is 337 g/mol. The molecule has 132 valence electrons. The molecule has 4 aliphatic rings. The second-order valence-electron chi connectivity index (χ2n) is 8.34. The lowest BCUT2D eigenvalue weighted by Gasteiger charge is -2.50. The van der Waals surface area contributed by atoms with Crippen molar-refractivity contribution in [3.05, 3.63) is 34.4 Å². The normalized spacial score (nSPS) is 39.8. The summed E-state index contributed by atoms with van der Waals surface area (Å²) in [7, 11) is 0. The monoisotopic (exact) mass is 337 g/mol. The third kappa shape index (κ3) is 2.10. The van der Waals surface area contributed by atoms with Crippen LogP contribution in [0.15, 0.2) is 34.4 Å². The zero-order valence-electron chi connectivity index (χ0n) is 15.3. The first-order valence-electron chi connectivity index (χ1n) is 9.72. The molecule has 0 unspecified atom stereocenters. The maximum atomic E-state index is 12.1. The van der Waals surface area contributed by atoms with Crippen molar-refractivity contribution in [2.75, 3.05) is 0 Å². The standard InChI is InChI=1S/C22H27NO2/c1-3-21-10-8-17-16-6-7-20(24)14(2)15(16)4-5-18(17)19(21)9-11-22(21,25)12-13-23/h8,10,18-19,25H,3-7,9,11-12H2,1-2H3/t18-,19+,21+,22-/m1/s1. The van der Waals surface area contributed by atoms with E-state index in [4.69, 9.17) is 0 Å². The number of ketones is 1. The molecule has 0 bridgehead atoms. The Labute approximate surface area is 150 Å². The summed E-state index contributed by atoms with van der Waals surface area (Å²) in [5.41, 5.74) is 3.94. The second-order valence-corrected chi connectivity index (χ2v) is 8.34. The molecule has 1 saturated carbocycles. The number of Topliss-reactive ketones (excluding diaryl/α,β-unsaturated/α-hetero) is 1. The second kappa shape index (κ2) is 5.68. The van der Waals surface area contributed by atoms with Crippen LogP contribution >= 0.6 is 0 Å². The van der Waals surface area contributed by atoms with Crippen LogP contribution in [0.1, 0.15) is 65.2 Å². The van der Waals surface area contributed by atoms with Gasteiger partial charge in [-0.15, -0.1) is 0 Å². The van der Waals surface area contributed by atoms with Gasteiger partial charge in [0, 0.05) is 11.8 Å². The zero-order chi connectivity index (χ0) is 17.8. The molecule has 0 amide bonds. The van der Waals surface area contributed by atoms with Crippen LogP contribution in [-0.4, -0.2) is 16.5 Å². The van der Waals surface area contributed by atoms with E-state index in [-0.39, 0.29) is 11.8 Å². The van der Waals surface area contributed by atoms with Crippen LogP contribution in [0.25, 0.3) is 0 Å². The van der Waals surface area contributed by atoms with E-state index >= 15 is 0 Å². The SMILES string of the molecule is CC[C@]12C=CC3=C4CCC(=O)C(C)=C4CC[C@H]3[C@@H]1CC[C@@]2(O)CC#N. The number of carbonyl (C=O) groups is 1. The van der Waals surface area contributed by atoms with E-state index in [2.05, 4.69) is 25.1 Å². The third-order valence-corrected chi connectivity index (χ3v) is 7.69. The van der Waals surface area contributed by atoms with Gasteiger partial charge >= 0.3 is 0 Å². The minimum absolute atomic E-state index is 0.221. The largest absolute Gasteiger partial charge is 0.388 e. The van der Waals surface area contributed by atoms with E-state index in [9.17, 15) is 15.2 Å². The minimum Gasteiger partial charge on any atom is -0.388 e. The van der Waals surface area contributed by atoms with Gasteiger partial charge in [0.25, 0.3) is 0 Å². The van der Waals surface area contributed by atoms with Gasteiger partial charge in [-0.25, -0.2) is 0 Å². The van der Waals surface area contributed by atoms with E-state index < -0.39 is 5.60 Å². The maximum Gasteiger partial charge on any atom is 0.159 e. The highest BCUT2D eigenvalue weighted by Gasteiger charge is 2.60. The molecule has 4 rings (SSSR count). The predicted molar refractivity (Wildman–Crippen MR) is 96.5 cm³/mol. The van der Waals surface area contributed by atoms with Gasteiger partial charge in [-0.05, 0) is 79.6 Å². The van der Waals surface area contributed by atoms with Gasteiger partial charge in [-0.3, -0.25) is 4.79 Å². The van der Waals surface area contributed by atoms with E-state index in [1.165, 1.54) is 16.7 Å². The number of hydrogen-bond acceptors (Lipinski definition) is 3. The number of aliphatic hydroxyl groups is 1. The van der Waals surface area contributed by atoms with Gasteiger partial charge in [-0.1, -0.05) is 19.1 Å². The summed E-state index contributed by atoms with van der Waals surface area (Å²) in [6.07, 6.45) is 10.9. The highest BCUT2D eigenvalue weighted by atomic mass is 16.3. The predicted octanol–water partition coefficient (Wildman–Crippen LogP) is 4.39. The van der Waals surface area contributed by atoms with Crippen molar-refractivity contribution >= 4 is 5.78 Å². The molecule has 0 aliphatic heterocycles. The molecule has 25 heavy (non-hydrogen) atoms. The lowest BCUT2D eigenvalue weighted by Crippen LogP contribution is -2.49. The summed E-state index contributed by atoms with van der Waals surface area (Å²) in [6.45, 7) is 4.14. The van der Waals surface area contributed by atoms with Crippen LogP contribution in [0, 0.1) is 28.6 Å².